The zero-order chi connectivity index (χ0) is 17.3. The molecule has 0 saturated carbocycles. The fourth-order valence-corrected chi connectivity index (χ4v) is 3.40. The van der Waals surface area contributed by atoms with E-state index in [1.807, 2.05) is 26.8 Å². The Morgan fingerprint density at radius 3 is 2.61 bits per heavy atom. The molecule has 3 nitrogen and oxygen atoms in total. The zero-order valence-corrected chi connectivity index (χ0v) is 14.3. The number of nitrogens with one attached hydrogen (secondary N) is 1. The summed E-state index contributed by atoms with van der Waals surface area (Å²) < 4.78 is 57.1. The highest BCUT2D eigenvalue weighted by atomic mass is 32.2. The topological polar surface area (TPSA) is 38.3 Å². The molecule has 0 aliphatic heterocycles. The molecule has 130 valence electrons. The predicted molar refractivity (Wildman–Crippen MR) is 84.7 cm³/mol. The maximum absolute atomic E-state index is 12.4. The lowest BCUT2D eigenvalue weighted by Crippen LogP contribution is -2.37. The number of halogens is 3. The van der Waals surface area contributed by atoms with Crippen molar-refractivity contribution in [2.45, 2.75) is 57.0 Å². The number of alkyl halides is 3. The van der Waals surface area contributed by atoms with Crippen molar-refractivity contribution < 1.29 is 22.1 Å². The molecule has 0 bridgehead atoms. The third kappa shape index (κ3) is 4.94. The summed E-state index contributed by atoms with van der Waals surface area (Å²) in [4.78, 5) is 0. The van der Waals surface area contributed by atoms with E-state index in [2.05, 4.69) is 4.72 Å². The first-order valence-corrected chi connectivity index (χ1v) is 8.72. The standard InChI is InChI=1S/C16H22F3NO2S/c1-15(2,3)23(21)20-13-8-4-7-12-11(13)6-5-9-14(12)22-10-16(17,18)19/h5-6,9,13,20H,4,7-8,10H2,1-3H3/t13-,23-/m0/s1. The van der Waals surface area contributed by atoms with E-state index in [0.29, 0.717) is 6.42 Å². The van der Waals surface area contributed by atoms with Gasteiger partial charge in [0.2, 0.25) is 0 Å². The summed E-state index contributed by atoms with van der Waals surface area (Å²) >= 11 is 0. The quantitative estimate of drug-likeness (QED) is 0.890. The Bertz CT molecular complexity index is 582. The van der Waals surface area contributed by atoms with E-state index in [9.17, 15) is 17.4 Å². The number of benzene rings is 1. The normalized spacial score (nSPS) is 20.0. The number of hydrogen-bond acceptors (Lipinski definition) is 2. The Morgan fingerprint density at radius 2 is 2.00 bits per heavy atom. The summed E-state index contributed by atoms with van der Waals surface area (Å²) in [5.74, 6) is 0.271. The van der Waals surface area contributed by atoms with Crippen LogP contribution in [0.3, 0.4) is 0 Å². The number of hydrogen-bond donors (Lipinski definition) is 1. The minimum atomic E-state index is -4.36. The predicted octanol–water partition coefficient (Wildman–Crippen LogP) is 4.06. The van der Waals surface area contributed by atoms with Crippen molar-refractivity contribution in [1.82, 2.24) is 4.72 Å². The van der Waals surface area contributed by atoms with Gasteiger partial charge in [-0.2, -0.15) is 13.2 Å². The van der Waals surface area contributed by atoms with Gasteiger partial charge in [0, 0.05) is 6.04 Å². The molecule has 0 radical (unpaired) electrons. The summed E-state index contributed by atoms with van der Waals surface area (Å²) in [6.07, 6.45) is -2.07. The van der Waals surface area contributed by atoms with Crippen LogP contribution in [0.15, 0.2) is 18.2 Å². The molecule has 2 rings (SSSR count). The van der Waals surface area contributed by atoms with Crippen LogP contribution >= 0.6 is 0 Å². The summed E-state index contributed by atoms with van der Waals surface area (Å²) in [5, 5.41) is 0. The average molecular weight is 349 g/mol. The third-order valence-electron chi connectivity index (χ3n) is 3.66. The van der Waals surface area contributed by atoms with Crippen molar-refractivity contribution in [1.29, 1.82) is 0 Å². The van der Waals surface area contributed by atoms with Gasteiger partial charge in [0.1, 0.15) is 5.75 Å². The number of ether oxygens (including phenoxy) is 1. The molecular formula is C16H22F3NO2S. The van der Waals surface area contributed by atoms with Crippen LogP contribution < -0.4 is 9.46 Å². The van der Waals surface area contributed by atoms with Crippen molar-refractivity contribution in [3.8, 4) is 5.75 Å². The van der Waals surface area contributed by atoms with Gasteiger partial charge in [-0.15, -0.1) is 0 Å². The Hall–Kier alpha value is -1.08. The lowest BCUT2D eigenvalue weighted by Gasteiger charge is -2.30. The van der Waals surface area contributed by atoms with Gasteiger partial charge in [0.05, 0.1) is 15.7 Å². The Kier molecular flexibility index (Phi) is 5.41. The van der Waals surface area contributed by atoms with Crippen molar-refractivity contribution in [2.75, 3.05) is 6.61 Å². The molecule has 0 unspecified atom stereocenters. The Balaban J connectivity index is 2.21. The van der Waals surface area contributed by atoms with E-state index >= 15 is 0 Å². The van der Waals surface area contributed by atoms with Crippen LogP contribution in [0.25, 0.3) is 0 Å². The molecule has 0 heterocycles. The van der Waals surface area contributed by atoms with Crippen LogP contribution in [-0.2, 0) is 17.4 Å². The molecule has 1 aromatic rings. The first-order valence-electron chi connectivity index (χ1n) is 7.57. The van der Waals surface area contributed by atoms with Crippen molar-refractivity contribution in [3.05, 3.63) is 29.3 Å². The van der Waals surface area contributed by atoms with Crippen molar-refractivity contribution in [3.63, 3.8) is 0 Å². The van der Waals surface area contributed by atoms with Gasteiger partial charge in [-0.3, -0.25) is 0 Å². The van der Waals surface area contributed by atoms with E-state index in [1.165, 1.54) is 0 Å². The van der Waals surface area contributed by atoms with E-state index in [1.54, 1.807) is 12.1 Å². The summed E-state index contributed by atoms with van der Waals surface area (Å²) in [7, 11) is -1.24. The van der Waals surface area contributed by atoms with Gasteiger partial charge in [-0.25, -0.2) is 8.93 Å². The van der Waals surface area contributed by atoms with E-state index < -0.39 is 28.5 Å². The smallest absolute Gasteiger partial charge is 0.422 e. The highest BCUT2D eigenvalue weighted by molar-refractivity contribution is 7.84. The van der Waals surface area contributed by atoms with Crippen molar-refractivity contribution in [2.24, 2.45) is 0 Å². The molecule has 7 heteroatoms. The molecular weight excluding hydrogens is 327 g/mol. The fourth-order valence-electron chi connectivity index (χ4n) is 2.54. The highest BCUT2D eigenvalue weighted by Crippen LogP contribution is 2.36. The van der Waals surface area contributed by atoms with Gasteiger partial charge in [0.25, 0.3) is 0 Å². The molecule has 0 aromatic heterocycles. The van der Waals surface area contributed by atoms with Gasteiger partial charge in [0.15, 0.2) is 6.61 Å². The maximum atomic E-state index is 12.4. The number of rotatable bonds is 4. The molecule has 1 aliphatic carbocycles. The highest BCUT2D eigenvalue weighted by Gasteiger charge is 2.31. The summed E-state index contributed by atoms with van der Waals surface area (Å²) in [6, 6.07) is 4.98. The van der Waals surface area contributed by atoms with Crippen LogP contribution in [0.5, 0.6) is 5.75 Å². The lowest BCUT2D eigenvalue weighted by atomic mass is 9.87. The zero-order valence-electron chi connectivity index (χ0n) is 13.5. The minimum absolute atomic E-state index is 0.131. The van der Waals surface area contributed by atoms with Gasteiger partial charge < -0.3 is 4.74 Å². The van der Waals surface area contributed by atoms with E-state index in [-0.39, 0.29) is 11.8 Å². The molecule has 1 aromatic carbocycles. The largest absolute Gasteiger partial charge is 0.484 e. The summed E-state index contributed by atoms with van der Waals surface area (Å²) in [5.41, 5.74) is 1.67. The average Bonchev–Trinajstić information content (AvgIpc) is 2.43. The first-order chi connectivity index (χ1) is 10.6. The van der Waals surface area contributed by atoms with Gasteiger partial charge in [-0.1, -0.05) is 12.1 Å². The molecule has 0 spiro atoms. The fraction of sp³-hybridized carbons (Fsp3) is 0.625. The van der Waals surface area contributed by atoms with E-state index in [0.717, 1.165) is 24.0 Å². The molecule has 2 atom stereocenters. The molecule has 0 fully saturated rings. The molecule has 23 heavy (non-hydrogen) atoms. The third-order valence-corrected chi connectivity index (χ3v) is 5.27. The first kappa shape index (κ1) is 18.3. The molecule has 1 N–H and O–H groups in total. The van der Waals surface area contributed by atoms with Gasteiger partial charge in [-0.05, 0) is 57.2 Å². The summed E-state index contributed by atoms with van der Waals surface area (Å²) in [6.45, 7) is 4.34. The van der Waals surface area contributed by atoms with Crippen LogP contribution in [-0.4, -0.2) is 21.7 Å². The molecule has 0 amide bonds. The van der Waals surface area contributed by atoms with Crippen LogP contribution in [0, 0.1) is 0 Å². The second-order valence-corrected chi connectivity index (χ2v) is 8.67. The second-order valence-electron chi connectivity index (χ2n) is 6.67. The second kappa shape index (κ2) is 6.81. The lowest BCUT2D eigenvalue weighted by molar-refractivity contribution is -0.153. The van der Waals surface area contributed by atoms with Gasteiger partial charge >= 0.3 is 6.18 Å². The van der Waals surface area contributed by atoms with Crippen molar-refractivity contribution >= 4 is 11.0 Å². The SMILES string of the molecule is CC(C)(C)[S@](=O)N[C@H]1CCCc2c(OCC(F)(F)F)cccc21. The maximum Gasteiger partial charge on any atom is 0.422 e. The monoisotopic (exact) mass is 349 g/mol. The molecule has 0 saturated heterocycles. The van der Waals surface area contributed by atoms with Crippen LogP contribution in [0.1, 0.15) is 50.8 Å². The van der Waals surface area contributed by atoms with E-state index in [4.69, 9.17) is 4.74 Å². The number of fused-ring (bicyclic) bond motifs is 1. The van der Waals surface area contributed by atoms with Crippen LogP contribution in [0.2, 0.25) is 0 Å². The Labute approximate surface area is 137 Å². The van der Waals surface area contributed by atoms with Crippen LogP contribution in [0.4, 0.5) is 13.2 Å². The molecule has 1 aliphatic rings. The minimum Gasteiger partial charge on any atom is -0.484 e. The Morgan fingerprint density at radius 1 is 1.30 bits per heavy atom.